The third kappa shape index (κ3) is 2.59. The molecule has 1 heterocycles. The Balaban J connectivity index is 2.59. The molecule has 0 bridgehead atoms. The highest BCUT2D eigenvalue weighted by molar-refractivity contribution is 14.1. The van der Waals surface area contributed by atoms with Gasteiger partial charge in [0.15, 0.2) is 17.6 Å². The standard InChI is InChI=1S/C13H11ClINO2/c1-7(17)8(2)18-13-11(15)6-10(14)9-4-3-5-16-12(9)13/h3-6,8H,1-2H3. The number of aromatic nitrogens is 1. The summed E-state index contributed by atoms with van der Waals surface area (Å²) in [7, 11) is 0. The first-order valence-corrected chi connectivity index (χ1v) is 6.86. The molecule has 0 saturated carbocycles. The molecule has 0 aliphatic rings. The highest BCUT2D eigenvalue weighted by Gasteiger charge is 2.16. The summed E-state index contributed by atoms with van der Waals surface area (Å²) in [5.41, 5.74) is 0.683. The summed E-state index contributed by atoms with van der Waals surface area (Å²) >= 11 is 8.30. The normalized spacial score (nSPS) is 12.4. The van der Waals surface area contributed by atoms with Crippen molar-refractivity contribution in [1.82, 2.24) is 4.98 Å². The lowest BCUT2D eigenvalue weighted by Gasteiger charge is -2.15. The van der Waals surface area contributed by atoms with Gasteiger partial charge in [-0.2, -0.15) is 0 Å². The fraction of sp³-hybridized carbons (Fsp3) is 0.231. The SMILES string of the molecule is CC(=O)C(C)Oc1c(I)cc(Cl)c2cccnc12. The van der Waals surface area contributed by atoms with E-state index in [1.807, 2.05) is 18.2 Å². The molecule has 94 valence electrons. The first-order chi connectivity index (χ1) is 8.50. The van der Waals surface area contributed by atoms with E-state index in [-0.39, 0.29) is 5.78 Å². The van der Waals surface area contributed by atoms with E-state index in [4.69, 9.17) is 16.3 Å². The fourth-order valence-electron chi connectivity index (χ4n) is 1.52. The Morgan fingerprint density at radius 2 is 2.28 bits per heavy atom. The number of nitrogens with zero attached hydrogens (tertiary/aromatic N) is 1. The summed E-state index contributed by atoms with van der Waals surface area (Å²) in [6.45, 7) is 3.23. The Morgan fingerprint density at radius 1 is 1.56 bits per heavy atom. The molecule has 18 heavy (non-hydrogen) atoms. The summed E-state index contributed by atoms with van der Waals surface area (Å²) in [5, 5.41) is 1.45. The second-order valence-corrected chi connectivity index (χ2v) is 5.51. The number of carbonyl (C=O) groups excluding carboxylic acids is 1. The average molecular weight is 376 g/mol. The van der Waals surface area contributed by atoms with E-state index < -0.39 is 6.10 Å². The number of ether oxygens (including phenoxy) is 1. The molecule has 1 unspecified atom stereocenters. The highest BCUT2D eigenvalue weighted by Crippen LogP contribution is 2.35. The van der Waals surface area contributed by atoms with Crippen LogP contribution < -0.4 is 4.74 Å². The third-order valence-corrected chi connectivity index (χ3v) is 3.73. The summed E-state index contributed by atoms with van der Waals surface area (Å²) in [6.07, 6.45) is 1.19. The lowest BCUT2D eigenvalue weighted by Crippen LogP contribution is -2.21. The van der Waals surface area contributed by atoms with E-state index in [2.05, 4.69) is 27.6 Å². The number of ketones is 1. The maximum atomic E-state index is 11.3. The van der Waals surface area contributed by atoms with Crippen LogP contribution in [0.1, 0.15) is 13.8 Å². The van der Waals surface area contributed by atoms with E-state index in [1.165, 1.54) is 6.92 Å². The minimum Gasteiger partial charge on any atom is -0.480 e. The lowest BCUT2D eigenvalue weighted by molar-refractivity contribution is -0.122. The average Bonchev–Trinajstić information content (AvgIpc) is 2.34. The number of Topliss-reactive ketones (excluding diaryl/α,β-unsaturated/α-hetero) is 1. The Morgan fingerprint density at radius 3 is 2.94 bits per heavy atom. The molecule has 0 aliphatic heterocycles. The van der Waals surface area contributed by atoms with Crippen molar-refractivity contribution in [2.45, 2.75) is 20.0 Å². The van der Waals surface area contributed by atoms with Gasteiger partial charge in [-0.15, -0.1) is 0 Å². The summed E-state index contributed by atoms with van der Waals surface area (Å²) in [6, 6.07) is 5.51. The largest absolute Gasteiger partial charge is 0.480 e. The minimum absolute atomic E-state index is 0.0233. The predicted octanol–water partition coefficient (Wildman–Crippen LogP) is 3.85. The van der Waals surface area contributed by atoms with E-state index in [0.29, 0.717) is 16.3 Å². The first kappa shape index (κ1) is 13.5. The van der Waals surface area contributed by atoms with Crippen LogP contribution >= 0.6 is 34.2 Å². The van der Waals surface area contributed by atoms with Crippen LogP contribution in [0.15, 0.2) is 24.4 Å². The molecule has 2 aromatic rings. The second kappa shape index (κ2) is 5.40. The van der Waals surface area contributed by atoms with Crippen LogP contribution in [-0.4, -0.2) is 16.9 Å². The molecule has 1 atom stereocenters. The van der Waals surface area contributed by atoms with E-state index in [0.717, 1.165) is 8.96 Å². The first-order valence-electron chi connectivity index (χ1n) is 5.40. The van der Waals surface area contributed by atoms with Crippen LogP contribution in [-0.2, 0) is 4.79 Å². The molecular formula is C13H11ClINO2. The van der Waals surface area contributed by atoms with Crippen molar-refractivity contribution in [3.05, 3.63) is 33.0 Å². The Kier molecular flexibility index (Phi) is 4.07. The number of halogens is 2. The number of carbonyl (C=O) groups is 1. The molecule has 0 N–H and O–H groups in total. The quantitative estimate of drug-likeness (QED) is 0.765. The van der Waals surface area contributed by atoms with E-state index in [9.17, 15) is 4.79 Å². The zero-order chi connectivity index (χ0) is 13.3. The van der Waals surface area contributed by atoms with Crippen LogP contribution in [0.5, 0.6) is 5.75 Å². The monoisotopic (exact) mass is 375 g/mol. The number of benzene rings is 1. The molecule has 0 radical (unpaired) electrons. The molecule has 0 amide bonds. The van der Waals surface area contributed by atoms with Gasteiger partial charge in [-0.1, -0.05) is 11.6 Å². The number of pyridine rings is 1. The van der Waals surface area contributed by atoms with Crippen LogP contribution in [0.3, 0.4) is 0 Å². The molecule has 2 rings (SSSR count). The topological polar surface area (TPSA) is 39.2 Å². The van der Waals surface area contributed by atoms with Crippen LogP contribution in [0.2, 0.25) is 5.02 Å². The molecule has 5 heteroatoms. The number of hydrogen-bond donors (Lipinski definition) is 0. The van der Waals surface area contributed by atoms with Gasteiger partial charge in [0, 0.05) is 11.6 Å². The van der Waals surface area contributed by atoms with E-state index >= 15 is 0 Å². The molecule has 1 aromatic carbocycles. The zero-order valence-corrected chi connectivity index (χ0v) is 12.8. The van der Waals surface area contributed by atoms with Crippen molar-refractivity contribution in [3.8, 4) is 5.75 Å². The fourth-order valence-corrected chi connectivity index (χ4v) is 2.66. The number of rotatable bonds is 3. The van der Waals surface area contributed by atoms with Crippen molar-refractivity contribution in [3.63, 3.8) is 0 Å². The maximum absolute atomic E-state index is 11.3. The van der Waals surface area contributed by atoms with Crippen molar-refractivity contribution in [2.75, 3.05) is 0 Å². The van der Waals surface area contributed by atoms with Gasteiger partial charge < -0.3 is 4.74 Å². The molecule has 0 spiro atoms. The molecular weight excluding hydrogens is 365 g/mol. The number of fused-ring (bicyclic) bond motifs is 1. The summed E-state index contributed by atoms with van der Waals surface area (Å²) in [4.78, 5) is 15.6. The van der Waals surface area contributed by atoms with Crippen LogP contribution in [0, 0.1) is 3.57 Å². The third-order valence-electron chi connectivity index (χ3n) is 2.62. The minimum atomic E-state index is -0.495. The van der Waals surface area contributed by atoms with Gasteiger partial charge in [-0.25, -0.2) is 0 Å². The molecule has 0 aliphatic carbocycles. The molecule has 0 fully saturated rings. The van der Waals surface area contributed by atoms with Crippen molar-refractivity contribution < 1.29 is 9.53 Å². The lowest BCUT2D eigenvalue weighted by atomic mass is 10.2. The van der Waals surface area contributed by atoms with E-state index in [1.54, 1.807) is 13.1 Å². The van der Waals surface area contributed by atoms with Gasteiger partial charge in [0.05, 0.1) is 8.59 Å². The van der Waals surface area contributed by atoms with Gasteiger partial charge in [-0.3, -0.25) is 9.78 Å². The summed E-state index contributed by atoms with van der Waals surface area (Å²) < 4.78 is 6.54. The Labute approximate surface area is 124 Å². The predicted molar refractivity (Wildman–Crippen MR) is 80.2 cm³/mol. The highest BCUT2D eigenvalue weighted by atomic mass is 127. The van der Waals surface area contributed by atoms with Crippen molar-refractivity contribution in [2.24, 2.45) is 0 Å². The van der Waals surface area contributed by atoms with Gasteiger partial charge in [0.25, 0.3) is 0 Å². The Hall–Kier alpha value is -0.880. The van der Waals surface area contributed by atoms with Crippen LogP contribution in [0.4, 0.5) is 0 Å². The van der Waals surface area contributed by atoms with Gasteiger partial charge in [-0.05, 0) is 54.6 Å². The smallest absolute Gasteiger partial charge is 0.169 e. The number of hydrogen-bond acceptors (Lipinski definition) is 3. The van der Waals surface area contributed by atoms with Gasteiger partial charge >= 0.3 is 0 Å². The molecule has 1 aromatic heterocycles. The zero-order valence-electron chi connectivity index (χ0n) is 9.91. The van der Waals surface area contributed by atoms with Crippen molar-refractivity contribution in [1.29, 1.82) is 0 Å². The van der Waals surface area contributed by atoms with Gasteiger partial charge in [0.1, 0.15) is 5.52 Å². The maximum Gasteiger partial charge on any atom is 0.169 e. The molecule has 3 nitrogen and oxygen atoms in total. The van der Waals surface area contributed by atoms with Crippen molar-refractivity contribution >= 4 is 50.9 Å². The second-order valence-electron chi connectivity index (χ2n) is 3.94. The van der Waals surface area contributed by atoms with Crippen LogP contribution in [0.25, 0.3) is 10.9 Å². The van der Waals surface area contributed by atoms with Gasteiger partial charge in [0.2, 0.25) is 0 Å². The molecule has 0 saturated heterocycles. The Bertz CT molecular complexity index is 615. The summed E-state index contributed by atoms with van der Waals surface area (Å²) in [5.74, 6) is 0.586.